The predicted molar refractivity (Wildman–Crippen MR) is 92.9 cm³/mol. The van der Waals surface area contributed by atoms with Crippen molar-refractivity contribution in [2.24, 2.45) is 5.14 Å². The van der Waals surface area contributed by atoms with Crippen LogP contribution in [-0.4, -0.2) is 25.0 Å². The van der Waals surface area contributed by atoms with Gasteiger partial charge in [-0.3, -0.25) is 4.79 Å². The summed E-state index contributed by atoms with van der Waals surface area (Å²) in [5, 5.41) is 5.03. The Labute approximate surface area is 147 Å². The Morgan fingerprint density at radius 2 is 1.91 bits per heavy atom. The Hall–Kier alpha value is -1.06. The standard InChI is InChI=1S/C14H13ClN2O3S3/c15-12-6-5-11(22-12)14-17(13(18)8-21-14)7-9-1-3-10(4-2-9)23(16,19)20/h1-6,14H,7-8H2,(H2,16,19,20). The lowest BCUT2D eigenvalue weighted by molar-refractivity contribution is -0.128. The highest BCUT2D eigenvalue weighted by Crippen LogP contribution is 2.43. The number of hydrogen-bond donors (Lipinski definition) is 1. The number of carbonyl (C=O) groups is 1. The number of sulfonamides is 1. The molecule has 0 bridgehead atoms. The molecule has 0 spiro atoms. The number of halogens is 1. The van der Waals surface area contributed by atoms with E-state index in [1.54, 1.807) is 28.8 Å². The number of benzene rings is 1. The molecule has 0 saturated carbocycles. The molecule has 1 amide bonds. The molecule has 1 aliphatic rings. The van der Waals surface area contributed by atoms with Crippen LogP contribution in [0.15, 0.2) is 41.3 Å². The average molecular weight is 389 g/mol. The summed E-state index contributed by atoms with van der Waals surface area (Å²) in [6.45, 7) is 0.414. The molecule has 1 aliphatic heterocycles. The molecule has 23 heavy (non-hydrogen) atoms. The molecule has 0 radical (unpaired) electrons. The Bertz CT molecular complexity index is 833. The van der Waals surface area contributed by atoms with Gasteiger partial charge in [-0.15, -0.1) is 23.1 Å². The molecule has 122 valence electrons. The number of amides is 1. The van der Waals surface area contributed by atoms with E-state index in [4.69, 9.17) is 16.7 Å². The van der Waals surface area contributed by atoms with Crippen molar-refractivity contribution in [3.8, 4) is 0 Å². The first-order valence-electron chi connectivity index (χ1n) is 6.62. The third kappa shape index (κ3) is 3.72. The van der Waals surface area contributed by atoms with Gasteiger partial charge in [0.05, 0.1) is 15.0 Å². The maximum Gasteiger partial charge on any atom is 0.238 e. The number of rotatable bonds is 4. The SMILES string of the molecule is NS(=O)(=O)c1ccc(CN2C(=O)CSC2c2ccc(Cl)s2)cc1. The minimum atomic E-state index is -3.71. The summed E-state index contributed by atoms with van der Waals surface area (Å²) in [5.41, 5.74) is 0.848. The van der Waals surface area contributed by atoms with Gasteiger partial charge in [0.25, 0.3) is 0 Å². The Morgan fingerprint density at radius 1 is 1.22 bits per heavy atom. The maximum absolute atomic E-state index is 12.2. The zero-order valence-electron chi connectivity index (χ0n) is 11.8. The van der Waals surface area contributed by atoms with Crippen LogP contribution in [0.4, 0.5) is 0 Å². The van der Waals surface area contributed by atoms with Crippen molar-refractivity contribution in [2.75, 3.05) is 5.75 Å². The molecule has 1 aromatic carbocycles. The van der Waals surface area contributed by atoms with Crippen LogP contribution in [0.1, 0.15) is 15.8 Å². The molecule has 1 aromatic heterocycles. The van der Waals surface area contributed by atoms with E-state index in [0.717, 1.165) is 10.4 Å². The molecule has 1 saturated heterocycles. The highest BCUT2D eigenvalue weighted by Gasteiger charge is 2.33. The molecule has 1 fully saturated rings. The number of hydrogen-bond acceptors (Lipinski definition) is 5. The summed E-state index contributed by atoms with van der Waals surface area (Å²) in [6.07, 6.45) is 0. The largest absolute Gasteiger partial charge is 0.321 e. The molecule has 2 N–H and O–H groups in total. The fraction of sp³-hybridized carbons (Fsp3) is 0.214. The van der Waals surface area contributed by atoms with Gasteiger partial charge in [0, 0.05) is 11.4 Å². The Balaban J connectivity index is 1.81. The minimum Gasteiger partial charge on any atom is -0.321 e. The lowest BCUT2D eigenvalue weighted by atomic mass is 10.2. The summed E-state index contributed by atoms with van der Waals surface area (Å²) in [6, 6.07) is 10.0. The summed E-state index contributed by atoms with van der Waals surface area (Å²) >= 11 is 9.01. The van der Waals surface area contributed by atoms with Crippen LogP contribution in [0.3, 0.4) is 0 Å². The molecule has 5 nitrogen and oxygen atoms in total. The predicted octanol–water partition coefficient (Wildman–Crippen LogP) is 2.82. The quantitative estimate of drug-likeness (QED) is 0.873. The van der Waals surface area contributed by atoms with Gasteiger partial charge in [0.1, 0.15) is 5.37 Å². The number of thioether (sulfide) groups is 1. The first-order valence-corrected chi connectivity index (χ1v) is 10.4. The normalized spacial score (nSPS) is 18.6. The van der Waals surface area contributed by atoms with Gasteiger partial charge in [0.2, 0.25) is 15.9 Å². The van der Waals surface area contributed by atoms with Crippen LogP contribution in [0, 0.1) is 0 Å². The second kappa shape index (κ2) is 6.45. The smallest absolute Gasteiger partial charge is 0.238 e. The molecule has 9 heteroatoms. The maximum atomic E-state index is 12.2. The van der Waals surface area contributed by atoms with Crippen molar-refractivity contribution < 1.29 is 13.2 Å². The van der Waals surface area contributed by atoms with Gasteiger partial charge in [-0.25, -0.2) is 13.6 Å². The van der Waals surface area contributed by atoms with Crippen LogP contribution in [0.2, 0.25) is 4.34 Å². The molecular weight excluding hydrogens is 376 g/mol. The van der Waals surface area contributed by atoms with Gasteiger partial charge in [0.15, 0.2) is 0 Å². The zero-order chi connectivity index (χ0) is 16.6. The lowest BCUT2D eigenvalue weighted by Crippen LogP contribution is -2.27. The van der Waals surface area contributed by atoms with Gasteiger partial charge in [-0.2, -0.15) is 0 Å². The van der Waals surface area contributed by atoms with Crippen LogP contribution in [0.25, 0.3) is 0 Å². The zero-order valence-corrected chi connectivity index (χ0v) is 15.0. The number of thiophene rings is 1. The fourth-order valence-electron chi connectivity index (χ4n) is 2.30. The second-order valence-electron chi connectivity index (χ2n) is 5.02. The Kier molecular flexibility index (Phi) is 4.70. The van der Waals surface area contributed by atoms with Gasteiger partial charge in [-0.1, -0.05) is 23.7 Å². The minimum absolute atomic E-state index is 0.0556. The number of nitrogens with zero attached hydrogens (tertiary/aromatic N) is 1. The van der Waals surface area contributed by atoms with E-state index in [2.05, 4.69) is 0 Å². The molecule has 3 rings (SSSR count). The summed E-state index contributed by atoms with van der Waals surface area (Å²) in [5.74, 6) is 0.482. The molecular formula is C14H13ClN2O3S3. The van der Waals surface area contributed by atoms with E-state index >= 15 is 0 Å². The van der Waals surface area contributed by atoms with Gasteiger partial charge >= 0.3 is 0 Å². The van der Waals surface area contributed by atoms with Crippen LogP contribution >= 0.6 is 34.7 Å². The van der Waals surface area contributed by atoms with Gasteiger partial charge < -0.3 is 4.90 Å². The van der Waals surface area contributed by atoms with E-state index in [0.29, 0.717) is 16.6 Å². The van der Waals surface area contributed by atoms with E-state index in [-0.39, 0.29) is 16.2 Å². The lowest BCUT2D eigenvalue weighted by Gasteiger charge is -2.23. The molecule has 2 aromatic rings. The first-order chi connectivity index (χ1) is 10.8. The summed E-state index contributed by atoms with van der Waals surface area (Å²) in [7, 11) is -3.71. The third-order valence-corrected chi connectivity index (χ3v) is 7.01. The van der Waals surface area contributed by atoms with Crippen molar-refractivity contribution in [1.82, 2.24) is 4.90 Å². The molecule has 0 aliphatic carbocycles. The van der Waals surface area contributed by atoms with E-state index in [1.807, 2.05) is 12.1 Å². The fourth-order valence-corrected chi connectivity index (χ4v) is 5.30. The molecule has 1 atom stereocenters. The van der Waals surface area contributed by atoms with Crippen molar-refractivity contribution in [1.29, 1.82) is 0 Å². The number of carbonyl (C=O) groups excluding carboxylic acids is 1. The molecule has 1 unspecified atom stereocenters. The van der Waals surface area contributed by atoms with Crippen molar-refractivity contribution in [3.63, 3.8) is 0 Å². The van der Waals surface area contributed by atoms with E-state index in [9.17, 15) is 13.2 Å². The Morgan fingerprint density at radius 3 is 2.48 bits per heavy atom. The van der Waals surface area contributed by atoms with Crippen LogP contribution < -0.4 is 5.14 Å². The molecule has 2 heterocycles. The van der Waals surface area contributed by atoms with E-state index < -0.39 is 10.0 Å². The highest BCUT2D eigenvalue weighted by molar-refractivity contribution is 8.00. The van der Waals surface area contributed by atoms with Crippen molar-refractivity contribution in [2.45, 2.75) is 16.8 Å². The first kappa shape index (κ1) is 16.8. The summed E-state index contributed by atoms with van der Waals surface area (Å²) < 4.78 is 23.2. The monoisotopic (exact) mass is 388 g/mol. The van der Waals surface area contributed by atoms with Gasteiger partial charge in [-0.05, 0) is 29.8 Å². The third-order valence-electron chi connectivity index (χ3n) is 3.41. The van der Waals surface area contributed by atoms with Crippen molar-refractivity contribution >= 4 is 50.6 Å². The van der Waals surface area contributed by atoms with Crippen molar-refractivity contribution in [3.05, 3.63) is 51.2 Å². The summed E-state index contributed by atoms with van der Waals surface area (Å²) in [4.78, 5) is 15.0. The number of primary sulfonamides is 1. The topological polar surface area (TPSA) is 80.5 Å². The van der Waals surface area contributed by atoms with Crippen LogP contribution in [-0.2, 0) is 21.4 Å². The number of nitrogens with two attached hydrogens (primary N) is 1. The van der Waals surface area contributed by atoms with E-state index in [1.165, 1.54) is 23.5 Å². The highest BCUT2D eigenvalue weighted by atomic mass is 35.5. The van der Waals surface area contributed by atoms with Crippen LogP contribution in [0.5, 0.6) is 0 Å². The average Bonchev–Trinajstić information content (AvgIpc) is 3.06. The second-order valence-corrected chi connectivity index (χ2v) is 9.39.